The minimum atomic E-state index is -4.15. The van der Waals surface area contributed by atoms with E-state index in [0.717, 1.165) is 17.7 Å². The van der Waals surface area contributed by atoms with Gasteiger partial charge in [0.1, 0.15) is 10.7 Å². The Hall–Kier alpha value is -1.87. The van der Waals surface area contributed by atoms with E-state index >= 15 is 0 Å². The highest BCUT2D eigenvalue weighted by Gasteiger charge is 2.23. The molecule has 10 heteroatoms. The van der Waals surface area contributed by atoms with Crippen molar-refractivity contribution in [3.8, 4) is 0 Å². The summed E-state index contributed by atoms with van der Waals surface area (Å²) < 4.78 is 41.5. The van der Waals surface area contributed by atoms with Crippen LogP contribution in [0.25, 0.3) is 0 Å². The number of sulfonamides is 1. The summed E-state index contributed by atoms with van der Waals surface area (Å²) in [7, 11) is -4.15. The smallest absolute Gasteiger partial charge is 0.266 e. The summed E-state index contributed by atoms with van der Waals surface area (Å²) in [4.78, 5) is 3.27. The molecule has 1 atom stereocenters. The fraction of sp³-hybridized carbons (Fsp3) is 0.118. The van der Waals surface area contributed by atoms with E-state index in [9.17, 15) is 12.8 Å². The molecular formula is C17H14Cl2FN3O2S2. The topological polar surface area (TPSA) is 71.1 Å². The zero-order chi connectivity index (χ0) is 19.6. The minimum absolute atomic E-state index is 0.0638. The minimum Gasteiger partial charge on any atom is -0.377 e. The predicted molar refractivity (Wildman–Crippen MR) is 108 cm³/mol. The summed E-state index contributed by atoms with van der Waals surface area (Å²) in [5.74, 6) is -0.818. The Bertz CT molecular complexity index is 1060. The van der Waals surface area contributed by atoms with Crippen molar-refractivity contribution >= 4 is 56.1 Å². The van der Waals surface area contributed by atoms with Crippen molar-refractivity contribution in [2.24, 2.45) is 0 Å². The molecule has 0 saturated heterocycles. The van der Waals surface area contributed by atoms with Gasteiger partial charge in [-0.3, -0.25) is 4.72 Å². The van der Waals surface area contributed by atoms with Crippen molar-refractivity contribution in [1.29, 1.82) is 0 Å². The molecule has 27 heavy (non-hydrogen) atoms. The lowest BCUT2D eigenvalue weighted by Gasteiger charge is -2.19. The van der Waals surface area contributed by atoms with Crippen LogP contribution in [0.3, 0.4) is 0 Å². The van der Waals surface area contributed by atoms with E-state index in [0.29, 0.717) is 5.02 Å². The Balaban J connectivity index is 1.88. The van der Waals surface area contributed by atoms with E-state index in [1.807, 2.05) is 19.1 Å². The van der Waals surface area contributed by atoms with Crippen LogP contribution in [0.4, 0.5) is 15.9 Å². The molecule has 1 unspecified atom stereocenters. The molecule has 0 spiro atoms. The maximum absolute atomic E-state index is 14.5. The van der Waals surface area contributed by atoms with Crippen LogP contribution in [0.1, 0.15) is 18.5 Å². The molecule has 1 aromatic heterocycles. The van der Waals surface area contributed by atoms with Crippen LogP contribution in [-0.2, 0) is 10.0 Å². The molecule has 5 nitrogen and oxygen atoms in total. The van der Waals surface area contributed by atoms with Gasteiger partial charge in [0, 0.05) is 10.4 Å². The molecular weight excluding hydrogens is 432 g/mol. The maximum atomic E-state index is 14.5. The number of nitrogens with zero attached hydrogens (tertiary/aromatic N) is 1. The summed E-state index contributed by atoms with van der Waals surface area (Å²) in [6, 6.07) is 9.06. The summed E-state index contributed by atoms with van der Waals surface area (Å²) in [5.41, 5.74) is 2.52. The normalized spacial score (nSPS) is 12.6. The molecule has 0 amide bonds. The highest BCUT2D eigenvalue weighted by molar-refractivity contribution is 7.92. The molecule has 0 fully saturated rings. The van der Waals surface area contributed by atoms with Gasteiger partial charge in [0.05, 0.1) is 22.3 Å². The monoisotopic (exact) mass is 445 g/mol. The van der Waals surface area contributed by atoms with Crippen molar-refractivity contribution < 1.29 is 12.8 Å². The number of aromatic nitrogens is 1. The van der Waals surface area contributed by atoms with Gasteiger partial charge in [0.2, 0.25) is 0 Å². The Morgan fingerprint density at radius 3 is 2.59 bits per heavy atom. The number of anilines is 2. The van der Waals surface area contributed by atoms with Crippen LogP contribution >= 0.6 is 34.5 Å². The maximum Gasteiger partial charge on any atom is 0.266 e. The van der Waals surface area contributed by atoms with Gasteiger partial charge in [-0.15, -0.1) is 11.3 Å². The van der Waals surface area contributed by atoms with Crippen LogP contribution in [0.2, 0.25) is 10.0 Å². The Morgan fingerprint density at radius 2 is 1.93 bits per heavy atom. The lowest BCUT2D eigenvalue weighted by atomic mass is 10.1. The average molecular weight is 446 g/mol. The van der Waals surface area contributed by atoms with Gasteiger partial charge in [-0.2, -0.15) is 0 Å². The fourth-order valence-electron chi connectivity index (χ4n) is 2.44. The number of hydrogen-bond acceptors (Lipinski definition) is 5. The van der Waals surface area contributed by atoms with E-state index in [1.165, 1.54) is 22.2 Å². The molecule has 1 heterocycles. The van der Waals surface area contributed by atoms with E-state index in [2.05, 4.69) is 15.0 Å². The van der Waals surface area contributed by atoms with E-state index in [4.69, 9.17) is 23.2 Å². The molecule has 2 aromatic carbocycles. The number of halogens is 3. The first-order valence-corrected chi connectivity index (χ1v) is 10.9. The molecule has 0 aliphatic heterocycles. The number of hydrogen-bond donors (Lipinski definition) is 2. The quantitative estimate of drug-likeness (QED) is 0.520. The van der Waals surface area contributed by atoms with Crippen molar-refractivity contribution in [2.45, 2.75) is 17.9 Å². The van der Waals surface area contributed by atoms with Crippen LogP contribution in [-0.4, -0.2) is 13.4 Å². The SMILES string of the molecule is CC(Nc1cc(F)c(S(=O)(=O)Nc2cscn2)cc1Cl)c1ccccc1Cl. The lowest BCUT2D eigenvalue weighted by molar-refractivity contribution is 0.570. The van der Waals surface area contributed by atoms with Crippen molar-refractivity contribution in [1.82, 2.24) is 4.98 Å². The second kappa shape index (κ2) is 8.02. The molecule has 3 rings (SSSR count). The zero-order valence-corrected chi connectivity index (χ0v) is 17.1. The molecule has 0 saturated carbocycles. The van der Waals surface area contributed by atoms with Crippen LogP contribution in [0.15, 0.2) is 52.2 Å². The Labute approximate surface area is 170 Å². The van der Waals surface area contributed by atoms with Gasteiger partial charge >= 0.3 is 0 Å². The van der Waals surface area contributed by atoms with Gasteiger partial charge in [0.15, 0.2) is 5.82 Å². The highest BCUT2D eigenvalue weighted by Crippen LogP contribution is 2.33. The Morgan fingerprint density at radius 1 is 1.19 bits per heavy atom. The first-order valence-electron chi connectivity index (χ1n) is 7.69. The van der Waals surface area contributed by atoms with E-state index in [-0.39, 0.29) is 22.6 Å². The van der Waals surface area contributed by atoms with Crippen molar-refractivity contribution in [3.63, 3.8) is 0 Å². The number of nitrogens with one attached hydrogen (secondary N) is 2. The van der Waals surface area contributed by atoms with Crippen LogP contribution < -0.4 is 10.0 Å². The zero-order valence-electron chi connectivity index (χ0n) is 13.9. The molecule has 3 aromatic rings. The second-order valence-electron chi connectivity index (χ2n) is 5.63. The summed E-state index contributed by atoms with van der Waals surface area (Å²) in [5, 5.41) is 5.17. The average Bonchev–Trinajstić information content (AvgIpc) is 3.10. The van der Waals surface area contributed by atoms with Crippen LogP contribution in [0.5, 0.6) is 0 Å². The number of rotatable bonds is 6. The first kappa shape index (κ1) is 19.9. The number of benzene rings is 2. The van der Waals surface area contributed by atoms with Gasteiger partial charge in [0.25, 0.3) is 10.0 Å². The second-order valence-corrected chi connectivity index (χ2v) is 8.81. The van der Waals surface area contributed by atoms with E-state index in [1.54, 1.807) is 12.1 Å². The predicted octanol–water partition coefficient (Wildman–Crippen LogP) is 5.56. The summed E-state index contributed by atoms with van der Waals surface area (Å²) in [6.07, 6.45) is 0. The third-order valence-corrected chi connectivity index (χ3v) is 6.34. The lowest BCUT2D eigenvalue weighted by Crippen LogP contribution is -2.15. The summed E-state index contributed by atoms with van der Waals surface area (Å²) in [6.45, 7) is 1.84. The van der Waals surface area contributed by atoms with Gasteiger partial charge in [-0.1, -0.05) is 41.4 Å². The van der Waals surface area contributed by atoms with Gasteiger partial charge < -0.3 is 5.32 Å². The molecule has 142 valence electrons. The highest BCUT2D eigenvalue weighted by atomic mass is 35.5. The summed E-state index contributed by atoms with van der Waals surface area (Å²) >= 11 is 13.6. The Kier molecular flexibility index (Phi) is 5.90. The first-order chi connectivity index (χ1) is 12.8. The van der Waals surface area contributed by atoms with E-state index < -0.39 is 20.7 Å². The molecule has 2 N–H and O–H groups in total. The molecule has 0 aliphatic rings. The van der Waals surface area contributed by atoms with Gasteiger partial charge in [-0.05, 0) is 30.7 Å². The van der Waals surface area contributed by atoms with Crippen LogP contribution in [0, 0.1) is 5.82 Å². The largest absolute Gasteiger partial charge is 0.377 e. The molecule has 0 radical (unpaired) electrons. The molecule has 0 aliphatic carbocycles. The fourth-order valence-corrected chi connectivity index (χ4v) is 4.66. The standard InChI is InChI=1S/C17H14Cl2FN3O2S2/c1-10(11-4-2-3-5-12(11)18)22-15-7-14(20)16(6-13(15)19)27(24,25)23-17-8-26-9-21-17/h2-10,22-23H,1H3. The van der Waals surface area contributed by atoms with Gasteiger partial charge in [-0.25, -0.2) is 17.8 Å². The molecule has 0 bridgehead atoms. The number of thiazole rings is 1. The van der Waals surface area contributed by atoms with Crippen molar-refractivity contribution in [3.05, 3.63) is 68.7 Å². The van der Waals surface area contributed by atoms with Crippen molar-refractivity contribution in [2.75, 3.05) is 10.0 Å². The third kappa shape index (κ3) is 4.52. The third-order valence-electron chi connectivity index (χ3n) is 3.73.